The molecule has 0 bridgehead atoms. The number of piperidine rings is 1. The Labute approximate surface area is 155 Å². The summed E-state index contributed by atoms with van der Waals surface area (Å²) in [7, 11) is -0.645. The molecule has 1 heterocycles. The van der Waals surface area contributed by atoms with Gasteiger partial charge in [0.25, 0.3) is 0 Å². The summed E-state index contributed by atoms with van der Waals surface area (Å²) >= 11 is 0. The normalized spacial score (nSPS) is 17.0. The maximum atomic E-state index is 12.5. The predicted molar refractivity (Wildman–Crippen MR) is 99.2 cm³/mol. The lowest BCUT2D eigenvalue weighted by Gasteiger charge is -2.33. The number of ether oxygens (including phenoxy) is 2. The minimum Gasteiger partial charge on any atom is -0.493 e. The highest BCUT2D eigenvalue weighted by Crippen LogP contribution is 2.30. The zero-order chi connectivity index (χ0) is 19.3. The van der Waals surface area contributed by atoms with Crippen LogP contribution >= 0.6 is 0 Å². The maximum Gasteiger partial charge on any atom is 0.223 e. The number of carbonyl (C=O) groups is 1. The van der Waals surface area contributed by atoms with E-state index in [9.17, 15) is 13.2 Å². The van der Waals surface area contributed by atoms with Crippen molar-refractivity contribution in [2.24, 2.45) is 11.7 Å². The largest absolute Gasteiger partial charge is 0.493 e. The van der Waals surface area contributed by atoms with E-state index in [0.717, 1.165) is 12.8 Å². The van der Waals surface area contributed by atoms with Crippen LogP contribution in [0.15, 0.2) is 23.1 Å². The van der Waals surface area contributed by atoms with Gasteiger partial charge in [-0.2, -0.15) is 0 Å². The summed E-state index contributed by atoms with van der Waals surface area (Å²) in [5.41, 5.74) is 5.91. The van der Waals surface area contributed by atoms with Crippen LogP contribution in [-0.2, 0) is 14.6 Å². The van der Waals surface area contributed by atoms with Gasteiger partial charge in [0.2, 0.25) is 5.91 Å². The molecule has 1 aliphatic heterocycles. The van der Waals surface area contributed by atoms with Crippen molar-refractivity contribution in [3.63, 3.8) is 0 Å². The van der Waals surface area contributed by atoms with Crippen LogP contribution < -0.4 is 15.2 Å². The van der Waals surface area contributed by atoms with Gasteiger partial charge in [0.15, 0.2) is 21.3 Å². The number of methoxy groups -OCH3 is 2. The summed E-state index contributed by atoms with van der Waals surface area (Å²) in [5, 5.41) is 0. The van der Waals surface area contributed by atoms with Gasteiger partial charge in [-0.3, -0.25) is 4.79 Å². The fraction of sp³-hybridized carbons (Fsp3) is 0.611. The summed E-state index contributed by atoms with van der Waals surface area (Å²) in [6.45, 7) is 3.26. The second-order valence-corrected chi connectivity index (χ2v) is 8.77. The van der Waals surface area contributed by atoms with E-state index in [-0.39, 0.29) is 29.0 Å². The Balaban J connectivity index is 1.97. The number of likely N-dealkylation sites (tertiary alicyclic amines) is 1. The first-order valence-electron chi connectivity index (χ1n) is 8.76. The van der Waals surface area contributed by atoms with Crippen molar-refractivity contribution in [2.45, 2.75) is 37.1 Å². The number of nitrogens with two attached hydrogens (primary N) is 1. The molecule has 8 heteroatoms. The third-order valence-electron chi connectivity index (χ3n) is 4.93. The number of rotatable bonds is 7. The smallest absolute Gasteiger partial charge is 0.223 e. The number of nitrogens with zero attached hydrogens (tertiary/aromatic N) is 1. The summed E-state index contributed by atoms with van der Waals surface area (Å²) < 4.78 is 35.4. The Kier molecular flexibility index (Phi) is 6.88. The van der Waals surface area contributed by atoms with E-state index in [1.54, 1.807) is 11.0 Å². The summed E-state index contributed by atoms with van der Waals surface area (Å²) in [6, 6.07) is 4.56. The SMILES string of the molecule is COc1ccc(S(=O)(=O)CCC(=O)N2CCC(C(C)N)CC2)cc1OC. The molecule has 26 heavy (non-hydrogen) atoms. The van der Waals surface area contributed by atoms with Crippen molar-refractivity contribution in [1.29, 1.82) is 0 Å². The van der Waals surface area contributed by atoms with Gasteiger partial charge in [-0.25, -0.2) is 8.42 Å². The van der Waals surface area contributed by atoms with Crippen LogP contribution in [0.5, 0.6) is 11.5 Å². The van der Waals surface area contributed by atoms with Crippen LogP contribution in [0.3, 0.4) is 0 Å². The minimum absolute atomic E-state index is 0.0283. The minimum atomic E-state index is -3.58. The van der Waals surface area contributed by atoms with Gasteiger partial charge >= 0.3 is 0 Å². The quantitative estimate of drug-likeness (QED) is 0.764. The molecule has 146 valence electrons. The highest BCUT2D eigenvalue weighted by molar-refractivity contribution is 7.91. The number of benzene rings is 1. The third-order valence-corrected chi connectivity index (χ3v) is 6.65. The van der Waals surface area contributed by atoms with Crippen LogP contribution in [0.4, 0.5) is 0 Å². The maximum absolute atomic E-state index is 12.5. The zero-order valence-electron chi connectivity index (χ0n) is 15.6. The molecular formula is C18H28N2O5S. The lowest BCUT2D eigenvalue weighted by molar-refractivity contribution is -0.132. The molecule has 1 saturated heterocycles. The number of hydrogen-bond acceptors (Lipinski definition) is 6. The Morgan fingerprint density at radius 2 is 1.85 bits per heavy atom. The van der Waals surface area contributed by atoms with Crippen LogP contribution in [-0.4, -0.2) is 58.3 Å². The van der Waals surface area contributed by atoms with Crippen LogP contribution in [0.25, 0.3) is 0 Å². The standard InChI is InChI=1S/C18H28N2O5S/c1-13(19)14-6-9-20(10-7-14)18(21)8-11-26(22,23)15-4-5-16(24-2)17(12-15)25-3/h4-5,12-14H,6-11,19H2,1-3H3. The first kappa shape index (κ1) is 20.5. The van der Waals surface area contributed by atoms with Gasteiger partial charge in [-0.15, -0.1) is 0 Å². The number of hydrogen-bond donors (Lipinski definition) is 1. The molecule has 7 nitrogen and oxygen atoms in total. The molecule has 0 spiro atoms. The highest BCUT2D eigenvalue weighted by Gasteiger charge is 2.26. The van der Waals surface area contributed by atoms with E-state index in [0.29, 0.717) is 30.5 Å². The summed E-state index contributed by atoms with van der Waals surface area (Å²) in [6.07, 6.45) is 1.71. The molecule has 0 radical (unpaired) electrons. The molecule has 1 fully saturated rings. The zero-order valence-corrected chi connectivity index (χ0v) is 16.4. The molecular weight excluding hydrogens is 356 g/mol. The monoisotopic (exact) mass is 384 g/mol. The van der Waals surface area contributed by atoms with Crippen molar-refractivity contribution < 1.29 is 22.7 Å². The molecule has 2 rings (SSSR count). The molecule has 1 unspecified atom stereocenters. The number of amides is 1. The molecule has 0 aromatic heterocycles. The summed E-state index contributed by atoms with van der Waals surface area (Å²) in [5.74, 6) is 0.873. The van der Waals surface area contributed by atoms with Gasteiger partial charge in [-0.1, -0.05) is 0 Å². The Morgan fingerprint density at radius 3 is 2.38 bits per heavy atom. The van der Waals surface area contributed by atoms with Crippen molar-refractivity contribution in [1.82, 2.24) is 4.90 Å². The van der Waals surface area contributed by atoms with Crippen LogP contribution in [0.1, 0.15) is 26.2 Å². The molecule has 1 aromatic rings. The lowest BCUT2D eigenvalue weighted by Crippen LogP contribution is -2.42. The molecule has 1 aromatic carbocycles. The number of sulfone groups is 1. The molecule has 2 N–H and O–H groups in total. The van der Waals surface area contributed by atoms with E-state index < -0.39 is 9.84 Å². The van der Waals surface area contributed by atoms with Gasteiger partial charge < -0.3 is 20.1 Å². The van der Waals surface area contributed by atoms with E-state index in [1.165, 1.54) is 26.4 Å². The van der Waals surface area contributed by atoms with Gasteiger partial charge in [0.1, 0.15) is 0 Å². The van der Waals surface area contributed by atoms with Gasteiger partial charge in [0, 0.05) is 31.6 Å². The van der Waals surface area contributed by atoms with Crippen LogP contribution in [0, 0.1) is 5.92 Å². The molecule has 0 saturated carbocycles. The van der Waals surface area contributed by atoms with E-state index in [1.807, 2.05) is 6.92 Å². The van der Waals surface area contributed by atoms with E-state index in [4.69, 9.17) is 15.2 Å². The highest BCUT2D eigenvalue weighted by atomic mass is 32.2. The Morgan fingerprint density at radius 1 is 1.23 bits per heavy atom. The second kappa shape index (κ2) is 8.73. The molecule has 1 aliphatic rings. The Bertz CT molecular complexity index is 725. The molecule has 1 amide bonds. The van der Waals surface area contributed by atoms with E-state index in [2.05, 4.69) is 0 Å². The van der Waals surface area contributed by atoms with Gasteiger partial charge in [-0.05, 0) is 37.8 Å². The first-order chi connectivity index (χ1) is 12.3. The Hall–Kier alpha value is -1.80. The van der Waals surface area contributed by atoms with Crippen molar-refractivity contribution in [2.75, 3.05) is 33.1 Å². The number of carbonyl (C=O) groups excluding carboxylic acids is 1. The fourth-order valence-electron chi connectivity index (χ4n) is 3.18. The van der Waals surface area contributed by atoms with E-state index >= 15 is 0 Å². The van der Waals surface area contributed by atoms with Gasteiger partial charge in [0.05, 0.1) is 24.9 Å². The lowest BCUT2D eigenvalue weighted by atomic mass is 9.91. The van der Waals surface area contributed by atoms with Crippen LogP contribution in [0.2, 0.25) is 0 Å². The average molecular weight is 384 g/mol. The summed E-state index contributed by atoms with van der Waals surface area (Å²) in [4.78, 5) is 14.2. The molecule has 0 aliphatic carbocycles. The van der Waals surface area contributed by atoms with Crippen molar-refractivity contribution >= 4 is 15.7 Å². The molecule has 1 atom stereocenters. The third kappa shape index (κ3) is 4.88. The van der Waals surface area contributed by atoms with Crippen molar-refractivity contribution in [3.05, 3.63) is 18.2 Å². The topological polar surface area (TPSA) is 98.9 Å². The average Bonchev–Trinajstić information content (AvgIpc) is 2.65. The first-order valence-corrected chi connectivity index (χ1v) is 10.4. The van der Waals surface area contributed by atoms with Crippen molar-refractivity contribution in [3.8, 4) is 11.5 Å². The predicted octanol–water partition coefficient (Wildman–Crippen LogP) is 1.45. The second-order valence-electron chi connectivity index (χ2n) is 6.66. The fourth-order valence-corrected chi connectivity index (χ4v) is 4.42.